The van der Waals surface area contributed by atoms with E-state index in [2.05, 4.69) is 21.2 Å². The molecule has 0 radical (unpaired) electrons. The lowest BCUT2D eigenvalue weighted by molar-refractivity contribution is -0.143. The van der Waals surface area contributed by atoms with E-state index >= 15 is 0 Å². The first-order valence-electron chi connectivity index (χ1n) is 10.1. The Hall–Kier alpha value is -2.05. The van der Waals surface area contributed by atoms with E-state index < -0.39 is 6.04 Å². The van der Waals surface area contributed by atoms with Gasteiger partial charge in [-0.25, -0.2) is 0 Å². The molecule has 2 aromatic carbocycles. The number of hydrogen-bond acceptors (Lipinski definition) is 3. The quantitative estimate of drug-likeness (QED) is 0.497. The Morgan fingerprint density at radius 3 is 2.47 bits per heavy atom. The zero-order valence-corrected chi connectivity index (χ0v) is 19.9. The van der Waals surface area contributed by atoms with Crippen LogP contribution in [0.4, 0.5) is 0 Å². The average molecular weight is 496 g/mol. The van der Waals surface area contributed by atoms with Gasteiger partial charge in [-0.1, -0.05) is 71.2 Å². The van der Waals surface area contributed by atoms with Gasteiger partial charge in [-0.05, 0) is 43.5 Å². The number of ether oxygens (including phenoxy) is 1. The van der Waals surface area contributed by atoms with Crippen molar-refractivity contribution in [3.63, 3.8) is 0 Å². The van der Waals surface area contributed by atoms with Crippen LogP contribution < -0.4 is 10.1 Å². The lowest BCUT2D eigenvalue weighted by Gasteiger charge is -2.30. The van der Waals surface area contributed by atoms with Gasteiger partial charge >= 0.3 is 0 Å². The summed E-state index contributed by atoms with van der Waals surface area (Å²) in [6.45, 7) is 6.60. The summed E-state index contributed by atoms with van der Waals surface area (Å²) >= 11 is 9.54. The van der Waals surface area contributed by atoms with Crippen LogP contribution in [0.1, 0.15) is 37.8 Å². The minimum absolute atomic E-state index is 0.151. The fraction of sp³-hybridized carbons (Fsp3) is 0.391. The second-order valence-electron chi connectivity index (χ2n) is 7.09. The molecule has 30 heavy (non-hydrogen) atoms. The fourth-order valence-corrected chi connectivity index (χ4v) is 3.72. The Labute approximate surface area is 191 Å². The van der Waals surface area contributed by atoms with Gasteiger partial charge in [0, 0.05) is 17.6 Å². The molecule has 1 N–H and O–H groups in total. The highest BCUT2D eigenvalue weighted by Gasteiger charge is 2.28. The molecule has 0 aliphatic heterocycles. The van der Waals surface area contributed by atoms with E-state index in [0.717, 1.165) is 22.0 Å². The number of nitrogens with zero attached hydrogens (tertiary/aromatic N) is 1. The fourth-order valence-electron chi connectivity index (χ4n) is 2.99. The molecule has 5 nitrogen and oxygen atoms in total. The van der Waals surface area contributed by atoms with Crippen molar-refractivity contribution in [3.05, 3.63) is 63.1 Å². The van der Waals surface area contributed by atoms with Gasteiger partial charge in [0.2, 0.25) is 5.91 Å². The SMILES string of the molecule is CCCNC(=O)C(CC)N(Cc1ccc(C)cc1)C(=O)COc1ccc(Br)cc1Cl. The molecule has 0 saturated heterocycles. The molecule has 0 heterocycles. The van der Waals surface area contributed by atoms with E-state index in [1.165, 1.54) is 0 Å². The summed E-state index contributed by atoms with van der Waals surface area (Å²) in [7, 11) is 0. The summed E-state index contributed by atoms with van der Waals surface area (Å²) in [6.07, 6.45) is 1.34. The Balaban J connectivity index is 2.20. The van der Waals surface area contributed by atoms with Crippen LogP contribution in [0.25, 0.3) is 0 Å². The van der Waals surface area contributed by atoms with Gasteiger partial charge in [0.05, 0.1) is 5.02 Å². The monoisotopic (exact) mass is 494 g/mol. The normalized spacial score (nSPS) is 11.6. The van der Waals surface area contributed by atoms with Crippen LogP contribution in [-0.2, 0) is 16.1 Å². The molecule has 0 fully saturated rings. The maximum absolute atomic E-state index is 13.1. The number of hydrogen-bond donors (Lipinski definition) is 1. The number of halogens is 2. The Kier molecular flexibility index (Phi) is 9.66. The van der Waals surface area contributed by atoms with E-state index in [4.69, 9.17) is 16.3 Å². The number of benzene rings is 2. The summed E-state index contributed by atoms with van der Waals surface area (Å²) in [4.78, 5) is 27.4. The number of rotatable bonds is 10. The summed E-state index contributed by atoms with van der Waals surface area (Å²) in [5.74, 6) is 0.00142. The highest BCUT2D eigenvalue weighted by atomic mass is 79.9. The summed E-state index contributed by atoms with van der Waals surface area (Å²) in [5.41, 5.74) is 2.09. The minimum Gasteiger partial charge on any atom is -0.482 e. The van der Waals surface area contributed by atoms with Crippen LogP contribution in [0, 0.1) is 6.92 Å². The van der Waals surface area contributed by atoms with Crippen molar-refractivity contribution in [2.75, 3.05) is 13.2 Å². The number of carbonyl (C=O) groups is 2. The molecule has 0 aromatic heterocycles. The van der Waals surface area contributed by atoms with Crippen molar-refractivity contribution in [3.8, 4) is 5.75 Å². The van der Waals surface area contributed by atoms with Crippen molar-refractivity contribution in [2.45, 2.75) is 46.2 Å². The molecule has 0 saturated carbocycles. The molecule has 2 rings (SSSR count). The third-order valence-electron chi connectivity index (χ3n) is 4.65. The highest BCUT2D eigenvalue weighted by molar-refractivity contribution is 9.10. The van der Waals surface area contributed by atoms with E-state index in [-0.39, 0.29) is 18.4 Å². The average Bonchev–Trinajstić information content (AvgIpc) is 2.72. The van der Waals surface area contributed by atoms with Gasteiger partial charge in [-0.15, -0.1) is 0 Å². The van der Waals surface area contributed by atoms with E-state index in [9.17, 15) is 9.59 Å². The van der Waals surface area contributed by atoms with Crippen LogP contribution >= 0.6 is 27.5 Å². The van der Waals surface area contributed by atoms with Crippen LogP contribution in [0.3, 0.4) is 0 Å². The van der Waals surface area contributed by atoms with Crippen LogP contribution in [0.5, 0.6) is 5.75 Å². The topological polar surface area (TPSA) is 58.6 Å². The van der Waals surface area contributed by atoms with Gasteiger partial charge in [0.15, 0.2) is 6.61 Å². The van der Waals surface area contributed by atoms with Crippen molar-refractivity contribution in [1.82, 2.24) is 10.2 Å². The van der Waals surface area contributed by atoms with E-state index in [1.807, 2.05) is 45.0 Å². The molecule has 0 bridgehead atoms. The van der Waals surface area contributed by atoms with Gasteiger partial charge in [0.25, 0.3) is 5.91 Å². The van der Waals surface area contributed by atoms with Crippen LogP contribution in [0.2, 0.25) is 5.02 Å². The smallest absolute Gasteiger partial charge is 0.261 e. The second kappa shape index (κ2) is 12.0. The third-order valence-corrected chi connectivity index (χ3v) is 5.44. The highest BCUT2D eigenvalue weighted by Crippen LogP contribution is 2.27. The number of carbonyl (C=O) groups excluding carboxylic acids is 2. The number of nitrogens with one attached hydrogen (secondary N) is 1. The van der Waals surface area contributed by atoms with Crippen LogP contribution in [-0.4, -0.2) is 35.9 Å². The van der Waals surface area contributed by atoms with Gasteiger partial charge < -0.3 is 15.0 Å². The predicted octanol–water partition coefficient (Wildman–Crippen LogP) is 5.12. The Morgan fingerprint density at radius 1 is 1.17 bits per heavy atom. The zero-order valence-electron chi connectivity index (χ0n) is 17.6. The first-order chi connectivity index (χ1) is 14.3. The first-order valence-corrected chi connectivity index (χ1v) is 11.2. The maximum atomic E-state index is 13.1. The molecule has 0 spiro atoms. The summed E-state index contributed by atoms with van der Waals surface area (Å²) in [6, 6.07) is 12.6. The first kappa shape index (κ1) is 24.2. The lowest BCUT2D eigenvalue weighted by Crippen LogP contribution is -2.50. The molecule has 0 aliphatic carbocycles. The van der Waals surface area contributed by atoms with Crippen LogP contribution in [0.15, 0.2) is 46.9 Å². The molecule has 2 aromatic rings. The largest absolute Gasteiger partial charge is 0.482 e. The molecule has 2 amide bonds. The van der Waals surface area contributed by atoms with E-state index in [0.29, 0.717) is 30.3 Å². The molecule has 162 valence electrons. The molecule has 1 atom stereocenters. The van der Waals surface area contributed by atoms with Gasteiger partial charge in [-0.3, -0.25) is 9.59 Å². The molecule has 0 aliphatic rings. The zero-order chi connectivity index (χ0) is 22.1. The van der Waals surface area contributed by atoms with Crippen molar-refractivity contribution in [2.24, 2.45) is 0 Å². The number of amides is 2. The minimum atomic E-state index is -0.575. The van der Waals surface area contributed by atoms with Crippen molar-refractivity contribution in [1.29, 1.82) is 0 Å². The Morgan fingerprint density at radius 2 is 1.87 bits per heavy atom. The predicted molar refractivity (Wildman–Crippen MR) is 124 cm³/mol. The standard InChI is InChI=1S/C23H28BrClN2O3/c1-4-12-26-23(29)20(5-2)27(14-17-8-6-16(3)7-9-17)22(28)15-30-21-11-10-18(24)13-19(21)25/h6-11,13,20H,4-5,12,14-15H2,1-3H3,(H,26,29). The molecular weight excluding hydrogens is 468 g/mol. The lowest BCUT2D eigenvalue weighted by atomic mass is 10.1. The maximum Gasteiger partial charge on any atom is 0.261 e. The van der Waals surface area contributed by atoms with Crippen molar-refractivity contribution >= 4 is 39.3 Å². The summed E-state index contributed by atoms with van der Waals surface area (Å²) in [5, 5.41) is 3.31. The second-order valence-corrected chi connectivity index (χ2v) is 8.41. The summed E-state index contributed by atoms with van der Waals surface area (Å²) < 4.78 is 6.50. The van der Waals surface area contributed by atoms with Gasteiger partial charge in [-0.2, -0.15) is 0 Å². The Bertz CT molecular complexity index is 858. The molecular formula is C23H28BrClN2O3. The molecule has 7 heteroatoms. The van der Waals surface area contributed by atoms with E-state index in [1.54, 1.807) is 23.1 Å². The number of aryl methyl sites for hydroxylation is 1. The van der Waals surface area contributed by atoms with Crippen molar-refractivity contribution < 1.29 is 14.3 Å². The molecule has 1 unspecified atom stereocenters. The van der Waals surface area contributed by atoms with Gasteiger partial charge in [0.1, 0.15) is 11.8 Å². The third kappa shape index (κ3) is 7.03.